The molecule has 0 aliphatic carbocycles. The van der Waals surface area contributed by atoms with Crippen LogP contribution in [0, 0.1) is 0 Å². The standard InChI is InChI=1S/C63H41N3/c1-3-15-42(16-4-1)54-39-40-55(59-27-12-11-26-58(54)59)50-22-13-23-51(41-50)63-65-61(48-33-29-45(30-34-48)53-28-14-21-43-17-7-9-24-52(43)53)64-62(66-63)49-35-31-46(32-36-49)57-38-37-44-18-8-10-25-56(44)60(57)47-19-5-2-6-20-47/h1-41H. The molecule has 0 saturated carbocycles. The molecule has 0 aliphatic rings. The number of fused-ring (bicyclic) bond motifs is 3. The van der Waals surface area contributed by atoms with Crippen LogP contribution in [-0.4, -0.2) is 15.0 Å². The number of hydrogen-bond donors (Lipinski definition) is 0. The largest absolute Gasteiger partial charge is 0.208 e. The van der Waals surface area contributed by atoms with E-state index in [9.17, 15) is 0 Å². The molecule has 0 aliphatic heterocycles. The molecule has 0 radical (unpaired) electrons. The SMILES string of the molecule is c1ccc(-c2c(-c3ccc(-c4nc(-c5ccc(-c6cccc7ccccc67)cc5)nc(-c5cccc(-c6ccc(-c7ccccc7)c7ccccc67)c5)n4)cc3)ccc3ccccc23)cc1. The molecule has 0 atom stereocenters. The van der Waals surface area contributed by atoms with E-state index >= 15 is 0 Å². The highest BCUT2D eigenvalue weighted by Gasteiger charge is 2.17. The quantitative estimate of drug-likeness (QED) is 0.153. The predicted molar refractivity (Wildman–Crippen MR) is 276 cm³/mol. The first-order chi connectivity index (χ1) is 32.7. The fourth-order valence-corrected chi connectivity index (χ4v) is 9.51. The molecule has 3 nitrogen and oxygen atoms in total. The minimum atomic E-state index is 0.615. The van der Waals surface area contributed by atoms with Crippen molar-refractivity contribution >= 4 is 32.3 Å². The average molecular weight is 840 g/mol. The lowest BCUT2D eigenvalue weighted by Gasteiger charge is -2.15. The van der Waals surface area contributed by atoms with E-state index in [0.717, 1.165) is 38.9 Å². The van der Waals surface area contributed by atoms with Gasteiger partial charge in [0.25, 0.3) is 0 Å². The van der Waals surface area contributed by atoms with Crippen LogP contribution in [0.15, 0.2) is 249 Å². The lowest BCUT2D eigenvalue weighted by molar-refractivity contribution is 1.07. The van der Waals surface area contributed by atoms with Crippen LogP contribution >= 0.6 is 0 Å². The highest BCUT2D eigenvalue weighted by molar-refractivity contribution is 6.06. The second-order valence-corrected chi connectivity index (χ2v) is 16.7. The Bertz CT molecular complexity index is 3720. The summed E-state index contributed by atoms with van der Waals surface area (Å²) in [7, 11) is 0. The number of rotatable bonds is 8. The topological polar surface area (TPSA) is 38.7 Å². The first-order valence-electron chi connectivity index (χ1n) is 22.4. The van der Waals surface area contributed by atoms with Crippen molar-refractivity contribution in [3.05, 3.63) is 249 Å². The van der Waals surface area contributed by atoms with Gasteiger partial charge in [0.2, 0.25) is 0 Å². The Morgan fingerprint density at radius 2 is 0.576 bits per heavy atom. The van der Waals surface area contributed by atoms with Gasteiger partial charge in [-0.2, -0.15) is 0 Å². The summed E-state index contributed by atoms with van der Waals surface area (Å²) in [6, 6.07) is 88.4. The molecule has 12 rings (SSSR count). The smallest absolute Gasteiger partial charge is 0.164 e. The molecular formula is C63H41N3. The number of benzene rings is 11. The van der Waals surface area contributed by atoms with Gasteiger partial charge in [0, 0.05) is 16.7 Å². The Kier molecular flexibility index (Phi) is 9.85. The van der Waals surface area contributed by atoms with Crippen LogP contribution in [-0.2, 0) is 0 Å². The van der Waals surface area contributed by atoms with E-state index in [-0.39, 0.29) is 0 Å². The minimum Gasteiger partial charge on any atom is -0.208 e. The molecule has 1 aromatic heterocycles. The number of nitrogens with zero attached hydrogens (tertiary/aromatic N) is 3. The lowest BCUT2D eigenvalue weighted by Crippen LogP contribution is -2.00. The van der Waals surface area contributed by atoms with Crippen molar-refractivity contribution in [2.75, 3.05) is 0 Å². The minimum absolute atomic E-state index is 0.615. The normalized spacial score (nSPS) is 11.3. The second kappa shape index (κ2) is 16.7. The molecule has 12 aromatic rings. The van der Waals surface area contributed by atoms with Gasteiger partial charge in [0.1, 0.15) is 0 Å². The van der Waals surface area contributed by atoms with E-state index in [1.807, 2.05) is 0 Å². The van der Waals surface area contributed by atoms with E-state index in [0.29, 0.717) is 17.5 Å². The van der Waals surface area contributed by atoms with Crippen LogP contribution in [0.5, 0.6) is 0 Å². The van der Waals surface area contributed by atoms with Crippen molar-refractivity contribution in [2.45, 2.75) is 0 Å². The Morgan fingerprint density at radius 1 is 0.197 bits per heavy atom. The summed E-state index contributed by atoms with van der Waals surface area (Å²) in [5.74, 6) is 1.85. The van der Waals surface area contributed by atoms with Gasteiger partial charge in [-0.05, 0) is 94.0 Å². The summed E-state index contributed by atoms with van der Waals surface area (Å²) >= 11 is 0. The van der Waals surface area contributed by atoms with Crippen molar-refractivity contribution in [1.29, 1.82) is 0 Å². The Morgan fingerprint density at radius 3 is 1.21 bits per heavy atom. The maximum Gasteiger partial charge on any atom is 0.164 e. The summed E-state index contributed by atoms with van der Waals surface area (Å²) in [6.07, 6.45) is 0. The second-order valence-electron chi connectivity index (χ2n) is 16.7. The van der Waals surface area contributed by atoms with Crippen LogP contribution in [0.3, 0.4) is 0 Å². The van der Waals surface area contributed by atoms with E-state index < -0.39 is 0 Å². The highest BCUT2D eigenvalue weighted by atomic mass is 15.0. The van der Waals surface area contributed by atoms with Crippen LogP contribution in [0.4, 0.5) is 0 Å². The molecule has 0 unspecified atom stereocenters. The van der Waals surface area contributed by atoms with Crippen LogP contribution in [0.2, 0.25) is 0 Å². The summed E-state index contributed by atoms with van der Waals surface area (Å²) in [5, 5.41) is 7.30. The third-order valence-electron chi connectivity index (χ3n) is 12.8. The fraction of sp³-hybridized carbons (Fsp3) is 0. The highest BCUT2D eigenvalue weighted by Crippen LogP contribution is 2.40. The van der Waals surface area contributed by atoms with Crippen molar-refractivity contribution in [3.63, 3.8) is 0 Å². The number of aromatic nitrogens is 3. The molecule has 0 N–H and O–H groups in total. The van der Waals surface area contributed by atoms with Gasteiger partial charge in [-0.1, -0.05) is 243 Å². The zero-order valence-electron chi connectivity index (χ0n) is 36.0. The predicted octanol–water partition coefficient (Wildman–Crippen LogP) is 16.7. The van der Waals surface area contributed by atoms with E-state index in [1.54, 1.807) is 0 Å². The molecule has 1 heterocycles. The molecule has 11 aromatic carbocycles. The van der Waals surface area contributed by atoms with Gasteiger partial charge >= 0.3 is 0 Å². The zero-order valence-corrected chi connectivity index (χ0v) is 36.0. The van der Waals surface area contributed by atoms with Gasteiger partial charge in [-0.3, -0.25) is 0 Å². The van der Waals surface area contributed by atoms with Crippen molar-refractivity contribution in [2.24, 2.45) is 0 Å². The van der Waals surface area contributed by atoms with Crippen molar-refractivity contribution in [3.8, 4) is 89.8 Å². The fourth-order valence-electron chi connectivity index (χ4n) is 9.51. The van der Waals surface area contributed by atoms with Gasteiger partial charge in [0.15, 0.2) is 17.5 Å². The molecule has 0 bridgehead atoms. The Labute approximate surface area is 384 Å². The third-order valence-corrected chi connectivity index (χ3v) is 12.8. The lowest BCUT2D eigenvalue weighted by atomic mass is 9.89. The van der Waals surface area contributed by atoms with Gasteiger partial charge in [0.05, 0.1) is 0 Å². The molecule has 308 valence electrons. The third kappa shape index (κ3) is 7.19. The number of hydrogen-bond acceptors (Lipinski definition) is 3. The van der Waals surface area contributed by atoms with Gasteiger partial charge in [-0.25, -0.2) is 15.0 Å². The maximum absolute atomic E-state index is 5.24. The zero-order chi connectivity index (χ0) is 43.8. The summed E-state index contributed by atoms with van der Waals surface area (Å²) in [5.41, 5.74) is 14.5. The molecule has 0 fully saturated rings. The Hall–Kier alpha value is -8.79. The monoisotopic (exact) mass is 839 g/mol. The van der Waals surface area contributed by atoms with Crippen LogP contribution in [0.1, 0.15) is 0 Å². The van der Waals surface area contributed by atoms with E-state index in [1.165, 1.54) is 65.7 Å². The van der Waals surface area contributed by atoms with Crippen molar-refractivity contribution < 1.29 is 0 Å². The molecular weight excluding hydrogens is 799 g/mol. The Balaban J connectivity index is 0.973. The summed E-state index contributed by atoms with van der Waals surface area (Å²) < 4.78 is 0. The summed E-state index contributed by atoms with van der Waals surface area (Å²) in [4.78, 5) is 15.7. The van der Waals surface area contributed by atoms with Crippen LogP contribution < -0.4 is 0 Å². The first-order valence-corrected chi connectivity index (χ1v) is 22.4. The van der Waals surface area contributed by atoms with Gasteiger partial charge in [-0.15, -0.1) is 0 Å². The molecule has 0 amide bonds. The van der Waals surface area contributed by atoms with Gasteiger partial charge < -0.3 is 0 Å². The van der Waals surface area contributed by atoms with E-state index in [2.05, 4.69) is 249 Å². The maximum atomic E-state index is 5.24. The van der Waals surface area contributed by atoms with Crippen molar-refractivity contribution in [1.82, 2.24) is 15.0 Å². The summed E-state index contributed by atoms with van der Waals surface area (Å²) in [6.45, 7) is 0. The van der Waals surface area contributed by atoms with Crippen LogP contribution in [0.25, 0.3) is 122 Å². The average Bonchev–Trinajstić information content (AvgIpc) is 3.40. The molecule has 66 heavy (non-hydrogen) atoms. The molecule has 0 spiro atoms. The first kappa shape index (κ1) is 38.9. The molecule has 3 heteroatoms. The van der Waals surface area contributed by atoms with E-state index in [4.69, 9.17) is 15.0 Å². The molecule has 0 saturated heterocycles.